The number of likely N-dealkylation sites (tertiary alicyclic amines) is 1. The van der Waals surface area contributed by atoms with Gasteiger partial charge >= 0.3 is 5.97 Å². The minimum atomic E-state index is -0.718. The lowest BCUT2D eigenvalue weighted by Gasteiger charge is -2.38. The summed E-state index contributed by atoms with van der Waals surface area (Å²) in [5.41, 5.74) is 3.34. The van der Waals surface area contributed by atoms with Crippen molar-refractivity contribution in [1.82, 2.24) is 4.90 Å². The molecule has 2 unspecified atom stereocenters. The van der Waals surface area contributed by atoms with E-state index in [9.17, 15) is 9.90 Å². The fourth-order valence-corrected chi connectivity index (χ4v) is 3.91. The van der Waals surface area contributed by atoms with E-state index in [1.807, 2.05) is 24.3 Å². The van der Waals surface area contributed by atoms with Crippen molar-refractivity contribution in [2.24, 2.45) is 5.92 Å². The maximum absolute atomic E-state index is 11.6. The number of rotatable bonds is 6. The molecule has 2 atom stereocenters. The number of carbonyl (C=O) groups is 1. The number of nitrogens with zero attached hydrogens (tertiary/aromatic N) is 1. The first-order chi connectivity index (χ1) is 13.0. The molecule has 27 heavy (non-hydrogen) atoms. The Balaban J connectivity index is 2.07. The number of piperidine rings is 1. The molecule has 1 heterocycles. The van der Waals surface area contributed by atoms with E-state index in [1.54, 1.807) is 14.2 Å². The second-order valence-corrected chi connectivity index (χ2v) is 7.10. The van der Waals surface area contributed by atoms with Gasteiger partial charge in [0.2, 0.25) is 0 Å². The van der Waals surface area contributed by atoms with Crippen molar-refractivity contribution in [3.8, 4) is 11.5 Å². The molecule has 144 valence electrons. The molecule has 1 saturated heterocycles. The Morgan fingerprint density at radius 2 is 2.00 bits per heavy atom. The third kappa shape index (κ3) is 4.25. The molecule has 0 aliphatic carbocycles. The molecular weight excluding hydrogens is 342 g/mol. The summed E-state index contributed by atoms with van der Waals surface area (Å²) in [5, 5.41) is 9.52. The molecule has 5 heteroatoms. The number of methoxy groups -OCH3 is 2. The maximum Gasteiger partial charge on any atom is 0.307 e. The van der Waals surface area contributed by atoms with Gasteiger partial charge in [0.15, 0.2) is 0 Å². The molecule has 0 spiro atoms. The van der Waals surface area contributed by atoms with Gasteiger partial charge in [-0.3, -0.25) is 9.69 Å². The van der Waals surface area contributed by atoms with Crippen molar-refractivity contribution in [2.75, 3.05) is 27.3 Å². The van der Waals surface area contributed by atoms with Crippen molar-refractivity contribution in [1.29, 1.82) is 0 Å². The summed E-state index contributed by atoms with van der Waals surface area (Å²) in [6, 6.07) is 14.2. The molecule has 5 nitrogen and oxygen atoms in total. The molecule has 2 aromatic rings. The Labute approximate surface area is 160 Å². The fourth-order valence-electron chi connectivity index (χ4n) is 3.91. The van der Waals surface area contributed by atoms with Crippen molar-refractivity contribution >= 4 is 5.97 Å². The SMILES string of the molecule is COc1ccc(C(c2cccc(C)c2)N2CCCC(C(=O)O)C2)c(OC)c1. The Morgan fingerprint density at radius 1 is 1.19 bits per heavy atom. The minimum Gasteiger partial charge on any atom is -0.497 e. The van der Waals surface area contributed by atoms with Crippen LogP contribution >= 0.6 is 0 Å². The number of hydrogen-bond acceptors (Lipinski definition) is 4. The first-order valence-electron chi connectivity index (χ1n) is 9.29. The van der Waals surface area contributed by atoms with Crippen LogP contribution in [0.2, 0.25) is 0 Å². The normalized spacial score (nSPS) is 18.7. The highest BCUT2D eigenvalue weighted by molar-refractivity contribution is 5.70. The van der Waals surface area contributed by atoms with E-state index in [1.165, 1.54) is 5.56 Å². The lowest BCUT2D eigenvalue weighted by molar-refractivity contribution is -0.143. The van der Waals surface area contributed by atoms with Crippen LogP contribution in [0.4, 0.5) is 0 Å². The summed E-state index contributed by atoms with van der Waals surface area (Å²) in [6.45, 7) is 3.46. The van der Waals surface area contributed by atoms with Gasteiger partial charge in [0.25, 0.3) is 0 Å². The Morgan fingerprint density at radius 3 is 2.67 bits per heavy atom. The van der Waals surface area contributed by atoms with E-state index in [-0.39, 0.29) is 12.0 Å². The van der Waals surface area contributed by atoms with Crippen LogP contribution in [0.5, 0.6) is 11.5 Å². The summed E-state index contributed by atoms with van der Waals surface area (Å²) >= 11 is 0. The molecule has 0 aromatic heterocycles. The first-order valence-corrected chi connectivity index (χ1v) is 9.29. The predicted molar refractivity (Wildman–Crippen MR) is 105 cm³/mol. The Bertz CT molecular complexity index is 805. The highest BCUT2D eigenvalue weighted by Crippen LogP contribution is 2.39. The summed E-state index contributed by atoms with van der Waals surface area (Å²) < 4.78 is 11.0. The zero-order valence-electron chi connectivity index (χ0n) is 16.1. The van der Waals surface area contributed by atoms with Gasteiger partial charge in [-0.15, -0.1) is 0 Å². The molecule has 0 bridgehead atoms. The average Bonchev–Trinajstić information content (AvgIpc) is 2.68. The third-order valence-electron chi connectivity index (χ3n) is 5.26. The van der Waals surface area contributed by atoms with Crippen molar-refractivity contribution in [3.05, 3.63) is 59.2 Å². The summed E-state index contributed by atoms with van der Waals surface area (Å²) in [7, 11) is 3.29. The number of aliphatic carboxylic acids is 1. The topological polar surface area (TPSA) is 59.0 Å². The van der Waals surface area contributed by atoms with Crippen LogP contribution in [0, 0.1) is 12.8 Å². The van der Waals surface area contributed by atoms with Gasteiger partial charge < -0.3 is 14.6 Å². The number of hydrogen-bond donors (Lipinski definition) is 1. The van der Waals surface area contributed by atoms with Gasteiger partial charge in [0.1, 0.15) is 11.5 Å². The zero-order chi connectivity index (χ0) is 19.4. The second kappa shape index (κ2) is 8.44. The Hall–Kier alpha value is -2.53. The van der Waals surface area contributed by atoms with Gasteiger partial charge in [-0.1, -0.05) is 29.8 Å². The molecule has 0 radical (unpaired) electrons. The van der Waals surface area contributed by atoms with Crippen LogP contribution in [-0.4, -0.2) is 43.3 Å². The lowest BCUT2D eigenvalue weighted by atomic mass is 9.90. The van der Waals surface area contributed by atoms with Gasteiger partial charge in [0.05, 0.1) is 26.2 Å². The van der Waals surface area contributed by atoms with Crippen LogP contribution in [0.3, 0.4) is 0 Å². The number of benzene rings is 2. The lowest BCUT2D eigenvalue weighted by Crippen LogP contribution is -2.41. The second-order valence-electron chi connectivity index (χ2n) is 7.10. The van der Waals surface area contributed by atoms with Crippen molar-refractivity contribution in [3.63, 3.8) is 0 Å². The smallest absolute Gasteiger partial charge is 0.307 e. The molecule has 1 fully saturated rings. The highest BCUT2D eigenvalue weighted by atomic mass is 16.5. The quantitative estimate of drug-likeness (QED) is 0.837. The summed E-state index contributed by atoms with van der Waals surface area (Å²) in [5.74, 6) is 0.429. The molecule has 1 N–H and O–H groups in total. The third-order valence-corrected chi connectivity index (χ3v) is 5.26. The summed E-state index contributed by atoms with van der Waals surface area (Å²) in [6.07, 6.45) is 1.60. The first kappa shape index (κ1) is 19.2. The van der Waals surface area contributed by atoms with Crippen molar-refractivity contribution in [2.45, 2.75) is 25.8 Å². The van der Waals surface area contributed by atoms with E-state index < -0.39 is 5.97 Å². The predicted octanol–water partition coefficient (Wildman–Crippen LogP) is 3.90. The van der Waals surface area contributed by atoms with Gasteiger partial charge in [0, 0.05) is 18.2 Å². The summed E-state index contributed by atoms with van der Waals surface area (Å²) in [4.78, 5) is 13.9. The van der Waals surface area contributed by atoms with Crippen LogP contribution in [-0.2, 0) is 4.79 Å². The molecular formula is C22H27NO4. The largest absolute Gasteiger partial charge is 0.497 e. The van der Waals surface area contributed by atoms with E-state index in [0.717, 1.165) is 42.0 Å². The highest BCUT2D eigenvalue weighted by Gasteiger charge is 2.32. The molecule has 3 rings (SSSR count). The van der Waals surface area contributed by atoms with Crippen LogP contribution in [0.25, 0.3) is 0 Å². The van der Waals surface area contributed by atoms with Gasteiger partial charge in [-0.25, -0.2) is 0 Å². The van der Waals surface area contributed by atoms with Gasteiger partial charge in [-0.05, 0) is 44.0 Å². The van der Waals surface area contributed by atoms with E-state index in [2.05, 4.69) is 30.0 Å². The van der Waals surface area contributed by atoms with Crippen LogP contribution < -0.4 is 9.47 Å². The van der Waals surface area contributed by atoms with Gasteiger partial charge in [-0.2, -0.15) is 0 Å². The molecule has 2 aromatic carbocycles. The van der Waals surface area contributed by atoms with Crippen molar-refractivity contribution < 1.29 is 19.4 Å². The van der Waals surface area contributed by atoms with E-state index >= 15 is 0 Å². The maximum atomic E-state index is 11.6. The van der Waals surface area contributed by atoms with E-state index in [0.29, 0.717) is 6.54 Å². The Kier molecular flexibility index (Phi) is 6.01. The number of carboxylic acids is 1. The molecule has 1 aliphatic heterocycles. The molecule has 0 amide bonds. The van der Waals surface area contributed by atoms with E-state index in [4.69, 9.17) is 9.47 Å². The standard InChI is InChI=1S/C22H27NO4/c1-15-6-4-7-16(12-15)21(23-11-5-8-17(14-23)22(24)25)19-10-9-18(26-2)13-20(19)27-3/h4,6-7,9-10,12-13,17,21H,5,8,11,14H2,1-3H3,(H,24,25). The average molecular weight is 369 g/mol. The molecule has 1 aliphatic rings. The number of ether oxygens (including phenoxy) is 2. The zero-order valence-corrected chi connectivity index (χ0v) is 16.1. The van der Waals surface area contributed by atoms with Crippen LogP contribution in [0.1, 0.15) is 35.6 Å². The fraction of sp³-hybridized carbons (Fsp3) is 0.409. The molecule has 0 saturated carbocycles. The monoisotopic (exact) mass is 369 g/mol. The number of aryl methyl sites for hydroxylation is 1. The number of carboxylic acid groups (broad SMARTS) is 1. The minimum absolute atomic E-state index is 0.0621. The van der Waals surface area contributed by atoms with Crippen LogP contribution in [0.15, 0.2) is 42.5 Å².